The van der Waals surface area contributed by atoms with Gasteiger partial charge in [0.2, 0.25) is 0 Å². The normalized spacial score (nSPS) is 19.0. The van der Waals surface area contributed by atoms with Crippen molar-refractivity contribution < 1.29 is 8.42 Å². The zero-order chi connectivity index (χ0) is 18.4. The van der Waals surface area contributed by atoms with Crippen molar-refractivity contribution in [2.45, 2.75) is 11.3 Å². The molecule has 27 heavy (non-hydrogen) atoms. The number of rotatable bonds is 1. The number of H-pyrrole nitrogens is 1. The number of anilines is 1. The second kappa shape index (κ2) is 6.02. The largest absolute Gasteiger partial charge is 0.354 e. The lowest BCUT2D eigenvalue weighted by atomic mass is 10.2. The van der Waals surface area contributed by atoms with Crippen LogP contribution in [0.25, 0.3) is 11.2 Å². The highest BCUT2D eigenvalue weighted by molar-refractivity contribution is 7.90. The summed E-state index contributed by atoms with van der Waals surface area (Å²) < 4.78 is 28.7. The summed E-state index contributed by atoms with van der Waals surface area (Å²) in [5.41, 5.74) is 2.14. The minimum Gasteiger partial charge on any atom is -0.354 e. The average molecular weight is 383 g/mol. The number of benzene rings is 1. The van der Waals surface area contributed by atoms with Crippen molar-refractivity contribution in [3.05, 3.63) is 42.5 Å². The minimum absolute atomic E-state index is 0.288. The number of sulfonamides is 1. The summed E-state index contributed by atoms with van der Waals surface area (Å²) in [5, 5.41) is 0. The first-order valence-electron chi connectivity index (χ1n) is 8.72. The van der Waals surface area contributed by atoms with Crippen LogP contribution in [0.1, 0.15) is 12.0 Å². The highest BCUT2D eigenvalue weighted by Crippen LogP contribution is 2.28. The summed E-state index contributed by atoms with van der Waals surface area (Å²) in [7, 11) is -3.60. The summed E-state index contributed by atoms with van der Waals surface area (Å²) in [5.74, 6) is 1.36. The molecule has 138 valence electrons. The van der Waals surface area contributed by atoms with Crippen molar-refractivity contribution in [2.75, 3.05) is 31.1 Å². The van der Waals surface area contributed by atoms with E-state index < -0.39 is 10.0 Å². The van der Waals surface area contributed by atoms with Crippen LogP contribution in [-0.4, -0.2) is 65.3 Å². The number of hydrogen-bond donors (Lipinski definition) is 1. The summed E-state index contributed by atoms with van der Waals surface area (Å²) in [4.78, 5) is 20.4. The van der Waals surface area contributed by atoms with Gasteiger partial charge in [0.1, 0.15) is 16.7 Å². The van der Waals surface area contributed by atoms with Crippen LogP contribution in [0.15, 0.2) is 46.2 Å². The molecule has 1 aromatic carbocycles. The molecule has 3 aromatic rings. The average Bonchev–Trinajstić information content (AvgIpc) is 3.16. The van der Waals surface area contributed by atoms with Crippen LogP contribution in [0, 0.1) is 0 Å². The Morgan fingerprint density at radius 3 is 2.70 bits per heavy atom. The molecular weight excluding hydrogens is 366 g/mol. The van der Waals surface area contributed by atoms with E-state index in [-0.39, 0.29) is 4.90 Å². The molecule has 1 fully saturated rings. The van der Waals surface area contributed by atoms with E-state index in [1.807, 2.05) is 12.1 Å². The molecular formula is C17H17N7O2S. The van der Waals surface area contributed by atoms with E-state index in [0.717, 1.165) is 30.8 Å². The van der Waals surface area contributed by atoms with Crippen molar-refractivity contribution >= 4 is 32.8 Å². The molecule has 10 heteroatoms. The molecule has 2 aliphatic rings. The molecule has 0 aliphatic carbocycles. The Morgan fingerprint density at radius 1 is 0.963 bits per heavy atom. The van der Waals surface area contributed by atoms with Crippen molar-refractivity contribution in [3.8, 4) is 0 Å². The molecule has 0 atom stereocenters. The van der Waals surface area contributed by atoms with E-state index in [0.29, 0.717) is 30.1 Å². The molecule has 0 amide bonds. The van der Waals surface area contributed by atoms with Gasteiger partial charge in [0.05, 0.1) is 6.33 Å². The Labute approximate surface area is 155 Å². The maximum absolute atomic E-state index is 12.3. The quantitative estimate of drug-likeness (QED) is 0.668. The highest BCUT2D eigenvalue weighted by atomic mass is 32.2. The van der Waals surface area contributed by atoms with Gasteiger partial charge < -0.3 is 14.8 Å². The number of aromatic nitrogens is 4. The number of nitrogens with one attached hydrogen (secondary N) is 1. The lowest BCUT2D eigenvalue weighted by molar-refractivity contribution is 0.450. The van der Waals surface area contributed by atoms with Gasteiger partial charge in [-0.1, -0.05) is 12.1 Å². The fourth-order valence-electron chi connectivity index (χ4n) is 3.65. The smallest absolute Gasteiger partial charge is 0.285 e. The maximum atomic E-state index is 12.3. The van der Waals surface area contributed by atoms with E-state index in [9.17, 15) is 8.42 Å². The zero-order valence-corrected chi connectivity index (χ0v) is 15.2. The van der Waals surface area contributed by atoms with Crippen LogP contribution in [0.4, 0.5) is 5.82 Å². The van der Waals surface area contributed by atoms with Crippen LogP contribution >= 0.6 is 0 Å². The lowest BCUT2D eigenvalue weighted by Gasteiger charge is -2.24. The first-order valence-corrected chi connectivity index (χ1v) is 10.2. The van der Waals surface area contributed by atoms with Gasteiger partial charge in [-0.2, -0.15) is 8.42 Å². The Morgan fingerprint density at radius 2 is 1.78 bits per heavy atom. The molecule has 1 N–H and O–H groups in total. The fraction of sp³-hybridized carbons (Fsp3) is 0.294. The number of aromatic amines is 1. The third-order valence-corrected chi connectivity index (χ3v) is 6.24. The Bertz CT molecular complexity index is 1150. The summed E-state index contributed by atoms with van der Waals surface area (Å²) in [6, 6.07) is 7.00. The Hall–Kier alpha value is -3.01. The second-order valence-electron chi connectivity index (χ2n) is 6.51. The molecule has 0 saturated carbocycles. The SMILES string of the molecule is O=S1(=O)N=C(N2CCCN(c3ncnc4nc[nH]c34)CC2)c2ccccc21. The van der Waals surface area contributed by atoms with Gasteiger partial charge >= 0.3 is 0 Å². The van der Waals surface area contributed by atoms with Crippen molar-refractivity contribution in [1.29, 1.82) is 0 Å². The van der Waals surface area contributed by atoms with Crippen LogP contribution in [0.2, 0.25) is 0 Å². The third kappa shape index (κ3) is 2.64. The molecule has 5 rings (SSSR count). The second-order valence-corrected chi connectivity index (χ2v) is 8.08. The van der Waals surface area contributed by atoms with E-state index in [1.165, 1.54) is 6.33 Å². The lowest BCUT2D eigenvalue weighted by Crippen LogP contribution is -2.35. The highest BCUT2D eigenvalue weighted by Gasteiger charge is 2.32. The predicted octanol–water partition coefficient (Wildman–Crippen LogP) is 1.01. The van der Waals surface area contributed by atoms with Gasteiger partial charge in [-0.15, -0.1) is 4.40 Å². The van der Waals surface area contributed by atoms with E-state index >= 15 is 0 Å². The molecule has 4 heterocycles. The molecule has 0 unspecified atom stereocenters. The van der Waals surface area contributed by atoms with Crippen molar-refractivity contribution in [1.82, 2.24) is 24.8 Å². The Kier molecular flexibility index (Phi) is 3.61. The first kappa shape index (κ1) is 16.2. The number of imidazole rings is 1. The minimum atomic E-state index is -3.60. The van der Waals surface area contributed by atoms with Crippen LogP contribution in [-0.2, 0) is 10.0 Å². The van der Waals surface area contributed by atoms with Gasteiger partial charge in [-0.3, -0.25) is 0 Å². The van der Waals surface area contributed by atoms with Crippen LogP contribution in [0.5, 0.6) is 0 Å². The zero-order valence-electron chi connectivity index (χ0n) is 14.4. The molecule has 9 nitrogen and oxygen atoms in total. The first-order chi connectivity index (χ1) is 13.1. The van der Waals surface area contributed by atoms with Gasteiger partial charge in [0, 0.05) is 31.7 Å². The van der Waals surface area contributed by atoms with E-state index in [1.54, 1.807) is 18.5 Å². The monoisotopic (exact) mass is 383 g/mol. The van der Waals surface area contributed by atoms with E-state index in [2.05, 4.69) is 34.1 Å². The predicted molar refractivity (Wildman–Crippen MR) is 100 cm³/mol. The molecule has 0 bridgehead atoms. The van der Waals surface area contributed by atoms with Crippen LogP contribution in [0.3, 0.4) is 0 Å². The maximum Gasteiger partial charge on any atom is 0.285 e. The summed E-state index contributed by atoms with van der Waals surface area (Å²) in [6.07, 6.45) is 3.99. The van der Waals surface area contributed by atoms with Gasteiger partial charge in [0.25, 0.3) is 10.0 Å². The van der Waals surface area contributed by atoms with E-state index in [4.69, 9.17) is 0 Å². The van der Waals surface area contributed by atoms with Crippen molar-refractivity contribution in [2.24, 2.45) is 4.40 Å². The van der Waals surface area contributed by atoms with Gasteiger partial charge in [-0.05, 0) is 18.6 Å². The third-order valence-electron chi connectivity index (χ3n) is 4.91. The van der Waals surface area contributed by atoms with Crippen molar-refractivity contribution in [3.63, 3.8) is 0 Å². The number of nitrogens with zero attached hydrogens (tertiary/aromatic N) is 6. The molecule has 2 aliphatic heterocycles. The summed E-state index contributed by atoms with van der Waals surface area (Å²) in [6.45, 7) is 2.90. The van der Waals surface area contributed by atoms with Gasteiger partial charge in [-0.25, -0.2) is 15.0 Å². The topological polar surface area (TPSA) is 107 Å². The molecule has 0 radical (unpaired) electrons. The molecule has 0 spiro atoms. The molecule has 1 saturated heterocycles. The standard InChI is InChI=1S/C17H17N7O2S/c25-27(26)13-5-2-1-4-12(13)16(22-27)23-6-3-7-24(9-8-23)17-14-15(19-10-18-14)20-11-21-17/h1-2,4-5,10-11H,3,6-9H2,(H,18,19,20,21). The fourth-order valence-corrected chi connectivity index (χ4v) is 4.88. The van der Waals surface area contributed by atoms with Crippen LogP contribution < -0.4 is 4.90 Å². The van der Waals surface area contributed by atoms with Gasteiger partial charge in [0.15, 0.2) is 17.3 Å². The summed E-state index contributed by atoms with van der Waals surface area (Å²) >= 11 is 0. The number of fused-ring (bicyclic) bond motifs is 2. The number of hydrogen-bond acceptors (Lipinski definition) is 7. The Balaban J connectivity index is 1.44. The number of amidine groups is 1. The molecule has 2 aromatic heterocycles.